The molecule has 1 aromatic rings. The first kappa shape index (κ1) is 20.7. The second-order valence-corrected chi connectivity index (χ2v) is 6.17. The lowest BCUT2D eigenvalue weighted by Gasteiger charge is -2.25. The molecule has 5 nitrogen and oxygen atoms in total. The maximum atomic E-state index is 12.0. The van der Waals surface area contributed by atoms with E-state index in [9.17, 15) is 4.79 Å². The summed E-state index contributed by atoms with van der Waals surface area (Å²) in [7, 11) is 1.65. The molecular formula is C18H29ClN2O3. The van der Waals surface area contributed by atoms with Gasteiger partial charge in [0.05, 0.1) is 13.7 Å². The van der Waals surface area contributed by atoms with Gasteiger partial charge in [0.2, 0.25) is 5.91 Å². The first-order valence-corrected chi connectivity index (χ1v) is 8.43. The van der Waals surface area contributed by atoms with Crippen molar-refractivity contribution in [3.8, 4) is 5.75 Å². The summed E-state index contributed by atoms with van der Waals surface area (Å²) < 4.78 is 10.7. The van der Waals surface area contributed by atoms with E-state index in [-0.39, 0.29) is 30.3 Å². The van der Waals surface area contributed by atoms with Crippen LogP contribution in [0.15, 0.2) is 24.3 Å². The normalized spacial score (nSPS) is 20.1. The number of rotatable bonds is 8. The van der Waals surface area contributed by atoms with Crippen molar-refractivity contribution in [3.05, 3.63) is 29.8 Å². The molecular weight excluding hydrogens is 328 g/mol. The summed E-state index contributed by atoms with van der Waals surface area (Å²) in [6, 6.07) is 8.02. The van der Waals surface area contributed by atoms with E-state index in [1.807, 2.05) is 24.3 Å². The van der Waals surface area contributed by atoms with Gasteiger partial charge in [-0.25, -0.2) is 0 Å². The summed E-state index contributed by atoms with van der Waals surface area (Å²) in [5.74, 6) is 1.09. The standard InChI is InChI=1S/C18H28N2O3.ClH/c1-22-17-8-6-14(7-9-17)13-23-11-3-10-20-18(21)15-4-2-5-16(19)12-15;/h6-9,15-16H,2-5,10-13,19H2,1H3,(H,20,21);1H. The summed E-state index contributed by atoms with van der Waals surface area (Å²) in [6.45, 7) is 1.87. The molecule has 6 heteroatoms. The summed E-state index contributed by atoms with van der Waals surface area (Å²) >= 11 is 0. The molecule has 1 aliphatic rings. The van der Waals surface area contributed by atoms with Gasteiger partial charge in [-0.05, 0) is 43.4 Å². The van der Waals surface area contributed by atoms with Crippen LogP contribution in [0, 0.1) is 5.92 Å². The monoisotopic (exact) mass is 356 g/mol. The van der Waals surface area contributed by atoms with Gasteiger partial charge in [-0.2, -0.15) is 0 Å². The molecule has 2 unspecified atom stereocenters. The van der Waals surface area contributed by atoms with Crippen molar-refractivity contribution < 1.29 is 14.3 Å². The van der Waals surface area contributed by atoms with Gasteiger partial charge in [0, 0.05) is 25.1 Å². The molecule has 1 aromatic carbocycles. The fourth-order valence-electron chi connectivity index (χ4n) is 2.91. The Balaban J connectivity index is 0.00000288. The molecule has 2 atom stereocenters. The van der Waals surface area contributed by atoms with Gasteiger partial charge in [-0.3, -0.25) is 4.79 Å². The third-order valence-corrected chi connectivity index (χ3v) is 4.28. The number of ether oxygens (including phenoxy) is 2. The zero-order chi connectivity index (χ0) is 16.5. The van der Waals surface area contributed by atoms with Crippen LogP contribution >= 0.6 is 12.4 Å². The maximum absolute atomic E-state index is 12.0. The lowest BCUT2D eigenvalue weighted by atomic mass is 9.85. The van der Waals surface area contributed by atoms with Crippen LogP contribution in [0.1, 0.15) is 37.7 Å². The fourth-order valence-corrected chi connectivity index (χ4v) is 2.91. The Morgan fingerprint density at radius 3 is 2.71 bits per heavy atom. The lowest BCUT2D eigenvalue weighted by molar-refractivity contribution is -0.126. The highest BCUT2D eigenvalue weighted by Gasteiger charge is 2.24. The zero-order valence-corrected chi connectivity index (χ0v) is 15.1. The number of halogens is 1. The molecule has 3 N–H and O–H groups in total. The van der Waals surface area contributed by atoms with Crippen LogP contribution < -0.4 is 15.8 Å². The summed E-state index contributed by atoms with van der Waals surface area (Å²) in [4.78, 5) is 12.0. The van der Waals surface area contributed by atoms with E-state index < -0.39 is 0 Å². The Hall–Kier alpha value is -1.30. The highest BCUT2D eigenvalue weighted by Crippen LogP contribution is 2.23. The molecule has 0 spiro atoms. The number of hydrogen-bond acceptors (Lipinski definition) is 4. The molecule has 0 aliphatic heterocycles. The van der Waals surface area contributed by atoms with Crippen molar-refractivity contribution in [2.24, 2.45) is 11.7 Å². The minimum Gasteiger partial charge on any atom is -0.497 e. The van der Waals surface area contributed by atoms with E-state index in [4.69, 9.17) is 15.2 Å². The van der Waals surface area contributed by atoms with Gasteiger partial charge in [0.1, 0.15) is 5.75 Å². The van der Waals surface area contributed by atoms with Gasteiger partial charge < -0.3 is 20.5 Å². The Kier molecular flexibility index (Phi) is 9.76. The molecule has 24 heavy (non-hydrogen) atoms. The smallest absolute Gasteiger partial charge is 0.223 e. The zero-order valence-electron chi connectivity index (χ0n) is 14.3. The van der Waals surface area contributed by atoms with E-state index in [2.05, 4.69) is 5.32 Å². The molecule has 1 aliphatic carbocycles. The number of carbonyl (C=O) groups excluding carboxylic acids is 1. The molecule has 1 fully saturated rings. The molecule has 1 saturated carbocycles. The van der Waals surface area contributed by atoms with Gasteiger partial charge >= 0.3 is 0 Å². The van der Waals surface area contributed by atoms with Crippen molar-refractivity contribution in [1.29, 1.82) is 0 Å². The van der Waals surface area contributed by atoms with Gasteiger partial charge in [-0.15, -0.1) is 12.4 Å². The molecule has 1 amide bonds. The van der Waals surface area contributed by atoms with E-state index in [1.54, 1.807) is 7.11 Å². The topological polar surface area (TPSA) is 73.6 Å². The number of amides is 1. The minimum atomic E-state index is 0. The molecule has 2 rings (SSSR count). The highest BCUT2D eigenvalue weighted by atomic mass is 35.5. The number of benzene rings is 1. The fraction of sp³-hybridized carbons (Fsp3) is 0.611. The molecule has 0 aromatic heterocycles. The van der Waals surface area contributed by atoms with Crippen LogP contribution in [0.4, 0.5) is 0 Å². The molecule has 136 valence electrons. The Labute approximate surface area is 150 Å². The van der Waals surface area contributed by atoms with Crippen LogP contribution in [0.2, 0.25) is 0 Å². The second-order valence-electron chi connectivity index (χ2n) is 6.17. The van der Waals surface area contributed by atoms with Crippen molar-refractivity contribution in [2.75, 3.05) is 20.3 Å². The van der Waals surface area contributed by atoms with E-state index in [1.165, 1.54) is 0 Å². The maximum Gasteiger partial charge on any atom is 0.223 e. The number of carbonyl (C=O) groups is 1. The first-order chi connectivity index (χ1) is 11.2. The summed E-state index contributed by atoms with van der Waals surface area (Å²) in [5, 5.41) is 3.00. The van der Waals surface area contributed by atoms with Crippen LogP contribution in [-0.4, -0.2) is 32.2 Å². The Morgan fingerprint density at radius 1 is 1.29 bits per heavy atom. The third kappa shape index (κ3) is 7.07. The molecule has 0 bridgehead atoms. The Bertz CT molecular complexity index is 482. The lowest BCUT2D eigenvalue weighted by Crippen LogP contribution is -2.38. The van der Waals surface area contributed by atoms with Gasteiger partial charge in [0.25, 0.3) is 0 Å². The molecule has 0 heterocycles. The van der Waals surface area contributed by atoms with Gasteiger partial charge in [0.15, 0.2) is 0 Å². The second kappa shape index (κ2) is 11.3. The average Bonchev–Trinajstić information content (AvgIpc) is 2.58. The SMILES string of the molecule is COc1ccc(COCCCNC(=O)C2CCCC(N)C2)cc1.Cl. The van der Waals surface area contributed by atoms with E-state index in [0.29, 0.717) is 19.8 Å². The number of nitrogens with two attached hydrogens (primary N) is 1. The van der Waals surface area contributed by atoms with Crippen molar-refractivity contribution >= 4 is 18.3 Å². The van der Waals surface area contributed by atoms with Crippen molar-refractivity contribution in [3.63, 3.8) is 0 Å². The van der Waals surface area contributed by atoms with Crippen molar-refractivity contribution in [1.82, 2.24) is 5.32 Å². The molecule has 0 saturated heterocycles. The van der Waals surface area contributed by atoms with Gasteiger partial charge in [-0.1, -0.05) is 18.6 Å². The van der Waals surface area contributed by atoms with Crippen LogP contribution in [-0.2, 0) is 16.1 Å². The number of methoxy groups -OCH3 is 1. The largest absolute Gasteiger partial charge is 0.497 e. The van der Waals surface area contributed by atoms with E-state index >= 15 is 0 Å². The van der Waals surface area contributed by atoms with Crippen molar-refractivity contribution in [2.45, 2.75) is 44.8 Å². The van der Waals surface area contributed by atoms with Crippen LogP contribution in [0.3, 0.4) is 0 Å². The number of hydrogen-bond donors (Lipinski definition) is 2. The quantitative estimate of drug-likeness (QED) is 0.702. The average molecular weight is 357 g/mol. The number of nitrogens with one attached hydrogen (secondary N) is 1. The van der Waals surface area contributed by atoms with Crippen LogP contribution in [0.5, 0.6) is 5.75 Å². The Morgan fingerprint density at radius 2 is 2.04 bits per heavy atom. The van der Waals surface area contributed by atoms with Crippen LogP contribution in [0.25, 0.3) is 0 Å². The van der Waals surface area contributed by atoms with E-state index in [0.717, 1.165) is 43.4 Å². The summed E-state index contributed by atoms with van der Waals surface area (Å²) in [5.41, 5.74) is 7.04. The summed E-state index contributed by atoms with van der Waals surface area (Å²) in [6.07, 6.45) is 4.71. The highest BCUT2D eigenvalue weighted by molar-refractivity contribution is 5.85. The molecule has 0 radical (unpaired) electrons. The minimum absolute atomic E-state index is 0. The predicted octanol–water partition coefficient (Wildman–Crippen LogP) is 2.66. The first-order valence-electron chi connectivity index (χ1n) is 8.43. The predicted molar refractivity (Wildman–Crippen MR) is 97.5 cm³/mol. The third-order valence-electron chi connectivity index (χ3n) is 4.28.